The highest BCUT2D eigenvalue weighted by Crippen LogP contribution is 2.30. The molecule has 22 heavy (non-hydrogen) atoms. The lowest BCUT2D eigenvalue weighted by molar-refractivity contribution is -0.145. The predicted molar refractivity (Wildman–Crippen MR) is 77.0 cm³/mol. The highest BCUT2D eigenvalue weighted by Gasteiger charge is 2.30. The van der Waals surface area contributed by atoms with Gasteiger partial charge in [0.25, 0.3) is 0 Å². The van der Waals surface area contributed by atoms with Crippen LogP contribution in [-0.4, -0.2) is 5.97 Å². The first-order valence-electron chi connectivity index (χ1n) is 7.77. The smallest absolute Gasteiger partial charge is 0.416 e. The number of carbonyl (C=O) groups excluding carboxylic acids is 1. The number of carbonyl (C=O) groups is 1. The van der Waals surface area contributed by atoms with E-state index in [0.29, 0.717) is 17.9 Å². The fourth-order valence-corrected chi connectivity index (χ4v) is 2.87. The first-order chi connectivity index (χ1) is 10.4. The third kappa shape index (κ3) is 5.35. The summed E-state index contributed by atoms with van der Waals surface area (Å²) < 4.78 is 42.8. The highest BCUT2D eigenvalue weighted by molar-refractivity contribution is 5.69. The molecule has 0 heterocycles. The number of alkyl halides is 3. The van der Waals surface area contributed by atoms with Gasteiger partial charge in [-0.2, -0.15) is 13.2 Å². The first kappa shape index (κ1) is 16.8. The zero-order valence-corrected chi connectivity index (χ0v) is 12.5. The van der Waals surface area contributed by atoms with Gasteiger partial charge in [0, 0.05) is 6.42 Å². The molecule has 1 aromatic carbocycles. The van der Waals surface area contributed by atoms with Crippen LogP contribution in [-0.2, 0) is 22.3 Å². The average molecular weight is 314 g/mol. The summed E-state index contributed by atoms with van der Waals surface area (Å²) in [5, 5.41) is 0. The number of benzene rings is 1. The molecule has 0 spiro atoms. The van der Waals surface area contributed by atoms with Crippen molar-refractivity contribution in [3.05, 3.63) is 35.4 Å². The molecule has 2 nitrogen and oxygen atoms in total. The van der Waals surface area contributed by atoms with E-state index in [1.165, 1.54) is 44.2 Å². The molecule has 0 aromatic heterocycles. The minimum absolute atomic E-state index is 0.104. The molecular formula is C17H21F3O2. The summed E-state index contributed by atoms with van der Waals surface area (Å²) in [6.45, 7) is -0.104. The van der Waals surface area contributed by atoms with Crippen LogP contribution in [0.1, 0.15) is 56.1 Å². The molecule has 1 saturated carbocycles. The predicted octanol–water partition coefficient (Wildman–Crippen LogP) is 5.11. The van der Waals surface area contributed by atoms with Gasteiger partial charge < -0.3 is 4.74 Å². The monoisotopic (exact) mass is 314 g/mol. The van der Waals surface area contributed by atoms with Gasteiger partial charge in [-0.1, -0.05) is 44.2 Å². The number of rotatable bonds is 5. The summed E-state index contributed by atoms with van der Waals surface area (Å²) in [6.07, 6.45) is 2.86. The summed E-state index contributed by atoms with van der Waals surface area (Å²) in [6, 6.07) is 4.89. The Morgan fingerprint density at radius 2 is 1.91 bits per heavy atom. The Labute approximate surface area is 128 Å². The number of esters is 1. The Kier molecular flexibility index (Phi) is 5.86. The molecule has 0 unspecified atom stereocenters. The van der Waals surface area contributed by atoms with Crippen LogP contribution in [0.4, 0.5) is 13.2 Å². The lowest BCUT2D eigenvalue weighted by Crippen LogP contribution is -2.11. The van der Waals surface area contributed by atoms with E-state index in [-0.39, 0.29) is 12.6 Å². The van der Waals surface area contributed by atoms with Crippen LogP contribution in [0.25, 0.3) is 0 Å². The van der Waals surface area contributed by atoms with Crippen LogP contribution < -0.4 is 0 Å². The van der Waals surface area contributed by atoms with Gasteiger partial charge in [0.15, 0.2) is 0 Å². The van der Waals surface area contributed by atoms with E-state index in [4.69, 9.17) is 4.74 Å². The molecule has 0 N–H and O–H groups in total. The van der Waals surface area contributed by atoms with E-state index in [2.05, 4.69) is 0 Å². The molecule has 1 aromatic rings. The summed E-state index contributed by atoms with van der Waals surface area (Å²) in [5.41, 5.74) is -0.357. The van der Waals surface area contributed by atoms with Gasteiger partial charge in [-0.05, 0) is 30.0 Å². The summed E-state index contributed by atoms with van der Waals surface area (Å²) >= 11 is 0. The summed E-state index contributed by atoms with van der Waals surface area (Å²) in [5.74, 6) is 0.262. The lowest BCUT2D eigenvalue weighted by atomic mass is 9.86. The van der Waals surface area contributed by atoms with Crippen molar-refractivity contribution in [1.82, 2.24) is 0 Å². The molecule has 1 aliphatic rings. The van der Waals surface area contributed by atoms with Gasteiger partial charge in [0.05, 0.1) is 5.56 Å². The number of halogens is 3. The fourth-order valence-electron chi connectivity index (χ4n) is 2.87. The first-order valence-corrected chi connectivity index (χ1v) is 7.77. The zero-order valence-electron chi connectivity index (χ0n) is 12.5. The Hall–Kier alpha value is -1.52. The third-order valence-electron chi connectivity index (χ3n) is 4.14. The van der Waals surface area contributed by atoms with Crippen LogP contribution in [0.5, 0.6) is 0 Å². The largest absolute Gasteiger partial charge is 0.461 e. The third-order valence-corrected chi connectivity index (χ3v) is 4.14. The van der Waals surface area contributed by atoms with E-state index in [1.54, 1.807) is 0 Å². The molecule has 122 valence electrons. The van der Waals surface area contributed by atoms with Crippen molar-refractivity contribution in [2.45, 2.75) is 57.7 Å². The minimum Gasteiger partial charge on any atom is -0.461 e. The second kappa shape index (κ2) is 7.65. The van der Waals surface area contributed by atoms with Crippen LogP contribution >= 0.6 is 0 Å². The molecule has 0 aliphatic heterocycles. The molecule has 0 amide bonds. The summed E-state index contributed by atoms with van der Waals surface area (Å²) in [7, 11) is 0. The van der Waals surface area contributed by atoms with Gasteiger partial charge in [0.2, 0.25) is 0 Å². The van der Waals surface area contributed by atoms with Crippen LogP contribution in [0.3, 0.4) is 0 Å². The number of hydrogen-bond acceptors (Lipinski definition) is 2. The maximum atomic E-state index is 12.6. The SMILES string of the molecule is O=C(CCC1CCCCC1)OCc1cccc(C(F)(F)F)c1. The molecule has 0 radical (unpaired) electrons. The van der Waals surface area contributed by atoms with Crippen LogP contribution in [0, 0.1) is 5.92 Å². The van der Waals surface area contributed by atoms with Crippen molar-refractivity contribution in [3.63, 3.8) is 0 Å². The normalized spacial score (nSPS) is 16.5. The van der Waals surface area contributed by atoms with Crippen molar-refractivity contribution in [1.29, 1.82) is 0 Å². The second-order valence-corrected chi connectivity index (χ2v) is 5.90. The molecule has 2 rings (SSSR count). The van der Waals surface area contributed by atoms with Gasteiger partial charge in [-0.25, -0.2) is 0 Å². The van der Waals surface area contributed by atoms with E-state index >= 15 is 0 Å². The molecule has 0 atom stereocenters. The molecule has 0 bridgehead atoms. The second-order valence-electron chi connectivity index (χ2n) is 5.90. The Morgan fingerprint density at radius 3 is 2.59 bits per heavy atom. The fraction of sp³-hybridized carbons (Fsp3) is 0.588. The Bertz CT molecular complexity index is 491. The average Bonchev–Trinajstić information content (AvgIpc) is 2.51. The van der Waals surface area contributed by atoms with Crippen molar-refractivity contribution in [2.24, 2.45) is 5.92 Å². The maximum absolute atomic E-state index is 12.6. The Morgan fingerprint density at radius 1 is 1.18 bits per heavy atom. The molecule has 0 saturated heterocycles. The van der Waals surface area contributed by atoms with E-state index in [9.17, 15) is 18.0 Å². The van der Waals surface area contributed by atoms with Crippen molar-refractivity contribution < 1.29 is 22.7 Å². The Balaban J connectivity index is 1.76. The molecule has 1 fully saturated rings. The van der Waals surface area contributed by atoms with Crippen molar-refractivity contribution in [2.75, 3.05) is 0 Å². The highest BCUT2D eigenvalue weighted by atomic mass is 19.4. The van der Waals surface area contributed by atoms with Gasteiger partial charge in [0.1, 0.15) is 6.61 Å². The van der Waals surface area contributed by atoms with E-state index in [1.807, 2.05) is 0 Å². The molecular weight excluding hydrogens is 293 g/mol. The quantitative estimate of drug-likeness (QED) is 0.706. The topological polar surface area (TPSA) is 26.3 Å². The van der Waals surface area contributed by atoms with E-state index < -0.39 is 11.7 Å². The summed E-state index contributed by atoms with van der Waals surface area (Å²) in [4.78, 5) is 11.7. The lowest BCUT2D eigenvalue weighted by Gasteiger charge is -2.20. The zero-order chi connectivity index (χ0) is 16.0. The standard InChI is InChI=1S/C17H21F3O2/c18-17(19,20)15-8-4-7-14(11-15)12-22-16(21)10-9-13-5-2-1-3-6-13/h4,7-8,11,13H,1-3,5-6,9-10,12H2. The maximum Gasteiger partial charge on any atom is 0.416 e. The van der Waals surface area contributed by atoms with Crippen LogP contribution in [0.15, 0.2) is 24.3 Å². The number of ether oxygens (including phenoxy) is 1. The van der Waals surface area contributed by atoms with Gasteiger partial charge >= 0.3 is 12.1 Å². The van der Waals surface area contributed by atoms with E-state index in [0.717, 1.165) is 18.6 Å². The van der Waals surface area contributed by atoms with Crippen molar-refractivity contribution >= 4 is 5.97 Å². The van der Waals surface area contributed by atoms with Crippen molar-refractivity contribution in [3.8, 4) is 0 Å². The minimum atomic E-state index is -4.37. The van der Waals surface area contributed by atoms with Crippen LogP contribution in [0.2, 0.25) is 0 Å². The van der Waals surface area contributed by atoms with Gasteiger partial charge in [-0.3, -0.25) is 4.79 Å². The number of hydrogen-bond donors (Lipinski definition) is 0. The molecule has 5 heteroatoms. The van der Waals surface area contributed by atoms with Gasteiger partial charge in [-0.15, -0.1) is 0 Å². The molecule has 1 aliphatic carbocycles.